The molecule has 7 rings (SSSR count). The number of amides is 1. The second-order valence-corrected chi connectivity index (χ2v) is 12.1. The molecule has 0 radical (unpaired) electrons. The van der Waals surface area contributed by atoms with Crippen LogP contribution >= 0.6 is 15.9 Å². The van der Waals surface area contributed by atoms with Crippen molar-refractivity contribution in [1.82, 2.24) is 0 Å². The van der Waals surface area contributed by atoms with Gasteiger partial charge in [0.2, 0.25) is 11.7 Å². The van der Waals surface area contributed by atoms with Crippen LogP contribution in [0, 0.1) is 5.92 Å². The van der Waals surface area contributed by atoms with Crippen LogP contribution in [-0.2, 0) is 10.2 Å². The largest absolute Gasteiger partial charge is 0.493 e. The summed E-state index contributed by atoms with van der Waals surface area (Å²) in [4.78, 5) is 46.5. The number of benzene rings is 4. The Bertz CT molecular complexity index is 1880. The maximum atomic E-state index is 15.1. The summed E-state index contributed by atoms with van der Waals surface area (Å²) >= 11 is 3.46. The monoisotopic (exact) mass is 664 g/mol. The van der Waals surface area contributed by atoms with E-state index < -0.39 is 23.4 Å². The van der Waals surface area contributed by atoms with E-state index in [0.717, 1.165) is 15.7 Å². The number of halogens is 1. The maximum Gasteiger partial charge on any atom is 0.238 e. The van der Waals surface area contributed by atoms with E-state index in [-0.39, 0.29) is 23.0 Å². The number of hydrogen-bond acceptors (Lipinski definition) is 7. The molecule has 3 aliphatic heterocycles. The van der Waals surface area contributed by atoms with Crippen molar-refractivity contribution in [1.29, 1.82) is 0 Å². The van der Waals surface area contributed by atoms with Gasteiger partial charge in [0, 0.05) is 27.0 Å². The molecule has 1 saturated heterocycles. The SMILES string of the molecule is COc1cc(C(=O)C2C(C(=O)c3ccc(Br)cc3)C3(C(=O)Nc4ccccc43)C3C=Cc4ccccc4N23)cc(OC)c1OC. The number of nitrogens with one attached hydrogen (secondary N) is 1. The first-order valence-electron chi connectivity index (χ1n) is 14.5. The molecule has 8 nitrogen and oxygen atoms in total. The maximum absolute atomic E-state index is 15.1. The molecule has 3 aliphatic rings. The van der Waals surface area contributed by atoms with Gasteiger partial charge in [0.05, 0.1) is 33.3 Å². The van der Waals surface area contributed by atoms with Gasteiger partial charge in [-0.1, -0.05) is 76.6 Å². The first-order chi connectivity index (χ1) is 21.8. The number of nitrogens with zero attached hydrogens (tertiary/aromatic N) is 1. The molecular formula is C36H29BrN2O6. The number of ketones is 2. The highest BCUT2D eigenvalue weighted by Gasteiger charge is 2.70. The number of ether oxygens (including phenoxy) is 3. The van der Waals surface area contributed by atoms with Gasteiger partial charge in [-0.25, -0.2) is 0 Å². The highest BCUT2D eigenvalue weighted by Crippen LogP contribution is 2.58. The first kappa shape index (κ1) is 28.9. The van der Waals surface area contributed by atoms with Crippen LogP contribution in [0.4, 0.5) is 11.4 Å². The van der Waals surface area contributed by atoms with Crippen molar-refractivity contribution >= 4 is 50.9 Å². The zero-order valence-electron chi connectivity index (χ0n) is 24.7. The quantitative estimate of drug-likeness (QED) is 0.231. The van der Waals surface area contributed by atoms with E-state index in [0.29, 0.717) is 34.1 Å². The average molecular weight is 666 g/mol. The molecular weight excluding hydrogens is 636 g/mol. The van der Waals surface area contributed by atoms with Gasteiger partial charge in [0.25, 0.3) is 0 Å². The van der Waals surface area contributed by atoms with E-state index in [1.54, 1.807) is 36.4 Å². The van der Waals surface area contributed by atoms with Gasteiger partial charge in [-0.3, -0.25) is 14.4 Å². The summed E-state index contributed by atoms with van der Waals surface area (Å²) in [5, 5.41) is 3.06. The molecule has 0 aromatic heterocycles. The van der Waals surface area contributed by atoms with Gasteiger partial charge in [-0.05, 0) is 47.5 Å². The number of hydrogen-bond donors (Lipinski definition) is 1. The summed E-state index contributed by atoms with van der Waals surface area (Å²) < 4.78 is 17.5. The molecule has 9 heteroatoms. The summed E-state index contributed by atoms with van der Waals surface area (Å²) in [6.07, 6.45) is 3.92. The van der Waals surface area contributed by atoms with E-state index in [4.69, 9.17) is 14.2 Å². The zero-order valence-corrected chi connectivity index (χ0v) is 26.3. The lowest BCUT2D eigenvalue weighted by atomic mass is 9.64. The first-order valence-corrected chi connectivity index (χ1v) is 15.2. The smallest absolute Gasteiger partial charge is 0.238 e. The Labute approximate surface area is 268 Å². The molecule has 4 aromatic carbocycles. The van der Waals surface area contributed by atoms with E-state index in [1.165, 1.54) is 21.3 Å². The Morgan fingerprint density at radius 2 is 1.49 bits per heavy atom. The lowest BCUT2D eigenvalue weighted by Crippen LogP contribution is -2.51. The molecule has 1 spiro atoms. The number of Topliss-reactive ketones (excluding diaryl/α,β-unsaturated/α-hetero) is 2. The minimum atomic E-state index is -1.41. The summed E-state index contributed by atoms with van der Waals surface area (Å²) in [5.74, 6) is -1.12. The molecule has 0 aliphatic carbocycles. The molecule has 0 saturated carbocycles. The standard InChI is InChI=1S/C36H29BrN2O6/c1-43-27-18-22(19-28(44-2)34(27)45-3)33(41)31-30(32(40)21-12-15-23(37)16-13-21)36(24-9-5-6-10-25(24)38-35(36)42)29-17-14-20-8-4-7-11-26(20)39(29)31/h4-19,29-31H,1-3H3,(H,38,42). The van der Waals surface area contributed by atoms with Crippen molar-refractivity contribution in [3.8, 4) is 17.2 Å². The predicted octanol–water partition coefficient (Wildman–Crippen LogP) is 6.33. The molecule has 4 aromatic rings. The van der Waals surface area contributed by atoms with Gasteiger partial charge in [-0.15, -0.1) is 0 Å². The van der Waals surface area contributed by atoms with Crippen LogP contribution < -0.4 is 24.4 Å². The van der Waals surface area contributed by atoms with Crippen molar-refractivity contribution in [3.63, 3.8) is 0 Å². The van der Waals surface area contributed by atoms with E-state index >= 15 is 4.79 Å². The molecule has 3 heterocycles. The van der Waals surface area contributed by atoms with Gasteiger partial charge in [0.1, 0.15) is 11.5 Å². The van der Waals surface area contributed by atoms with Crippen LogP contribution in [0.3, 0.4) is 0 Å². The Morgan fingerprint density at radius 1 is 0.822 bits per heavy atom. The lowest BCUT2D eigenvalue weighted by Gasteiger charge is -2.37. The van der Waals surface area contributed by atoms with Crippen molar-refractivity contribution in [2.75, 3.05) is 31.5 Å². The van der Waals surface area contributed by atoms with Crippen LogP contribution in [0.15, 0.2) is 95.5 Å². The van der Waals surface area contributed by atoms with Crippen molar-refractivity contribution in [2.45, 2.75) is 17.5 Å². The summed E-state index contributed by atoms with van der Waals surface area (Å²) in [6, 6.07) is 23.6. The number of methoxy groups -OCH3 is 3. The van der Waals surface area contributed by atoms with Gasteiger partial charge in [0.15, 0.2) is 23.1 Å². The second-order valence-electron chi connectivity index (χ2n) is 11.2. The normalized spacial score (nSPS) is 22.4. The third-order valence-corrected chi connectivity index (χ3v) is 9.70. The second kappa shape index (κ2) is 10.9. The third-order valence-electron chi connectivity index (χ3n) is 9.17. The predicted molar refractivity (Wildman–Crippen MR) is 175 cm³/mol. The van der Waals surface area contributed by atoms with Crippen LogP contribution in [0.2, 0.25) is 0 Å². The minimum absolute atomic E-state index is 0.262. The Kier molecular flexibility index (Phi) is 7.00. The Balaban J connectivity index is 1.53. The average Bonchev–Trinajstić information content (AvgIpc) is 3.55. The molecule has 4 unspecified atom stereocenters. The van der Waals surface area contributed by atoms with Crippen LogP contribution in [-0.4, -0.2) is 50.9 Å². The molecule has 226 valence electrons. The molecule has 4 atom stereocenters. The van der Waals surface area contributed by atoms with Crippen LogP contribution in [0.1, 0.15) is 31.8 Å². The number of carbonyl (C=O) groups excluding carboxylic acids is 3. The van der Waals surface area contributed by atoms with Gasteiger partial charge >= 0.3 is 0 Å². The molecule has 0 bridgehead atoms. The molecule has 1 N–H and O–H groups in total. The highest BCUT2D eigenvalue weighted by molar-refractivity contribution is 9.10. The third kappa shape index (κ3) is 4.14. The summed E-state index contributed by atoms with van der Waals surface area (Å²) in [5.41, 5.74) is 2.21. The molecule has 1 amide bonds. The van der Waals surface area contributed by atoms with E-state index in [2.05, 4.69) is 21.2 Å². The van der Waals surface area contributed by atoms with Gasteiger partial charge in [-0.2, -0.15) is 0 Å². The fourth-order valence-corrected chi connectivity index (χ4v) is 7.57. The zero-order chi connectivity index (χ0) is 31.5. The molecule has 1 fully saturated rings. The Morgan fingerprint density at radius 3 is 2.18 bits per heavy atom. The minimum Gasteiger partial charge on any atom is -0.493 e. The number of fused-ring (bicyclic) bond motifs is 6. The number of rotatable bonds is 7. The van der Waals surface area contributed by atoms with Crippen molar-refractivity contribution in [2.24, 2.45) is 5.92 Å². The van der Waals surface area contributed by atoms with E-state index in [1.807, 2.05) is 65.6 Å². The summed E-state index contributed by atoms with van der Waals surface area (Å²) in [6.45, 7) is 0. The lowest BCUT2D eigenvalue weighted by molar-refractivity contribution is -0.121. The topological polar surface area (TPSA) is 94.2 Å². The number of para-hydroxylation sites is 2. The summed E-state index contributed by atoms with van der Waals surface area (Å²) in [7, 11) is 4.46. The Hall–Kier alpha value is -4.89. The number of anilines is 2. The van der Waals surface area contributed by atoms with Crippen LogP contribution in [0.25, 0.3) is 6.08 Å². The van der Waals surface area contributed by atoms with Gasteiger partial charge < -0.3 is 24.4 Å². The highest BCUT2D eigenvalue weighted by atomic mass is 79.9. The number of carbonyl (C=O) groups is 3. The van der Waals surface area contributed by atoms with Crippen LogP contribution in [0.5, 0.6) is 17.2 Å². The fraction of sp³-hybridized carbons (Fsp3) is 0.194. The van der Waals surface area contributed by atoms with Crippen molar-refractivity contribution in [3.05, 3.63) is 118 Å². The fourth-order valence-electron chi connectivity index (χ4n) is 7.31. The molecule has 45 heavy (non-hydrogen) atoms. The van der Waals surface area contributed by atoms with E-state index in [9.17, 15) is 9.59 Å². The van der Waals surface area contributed by atoms with Crippen molar-refractivity contribution < 1.29 is 28.6 Å².